The summed E-state index contributed by atoms with van der Waals surface area (Å²) in [4.78, 5) is 12.5. The molecule has 0 unspecified atom stereocenters. The number of nitrogens with one attached hydrogen (secondary N) is 1. The Morgan fingerprint density at radius 1 is 1.13 bits per heavy atom. The molecule has 0 fully saturated rings. The first-order valence-electron chi connectivity index (χ1n) is 7.66. The maximum atomic E-state index is 12.8. The van der Waals surface area contributed by atoms with Crippen LogP contribution in [0, 0.1) is 5.92 Å². The van der Waals surface area contributed by atoms with Gasteiger partial charge in [-0.3, -0.25) is 9.10 Å². The lowest BCUT2D eigenvalue weighted by molar-refractivity contribution is -0.120. The van der Waals surface area contributed by atoms with Crippen molar-refractivity contribution in [2.75, 3.05) is 10.8 Å². The highest BCUT2D eigenvalue weighted by Gasteiger charge is 2.36. The Morgan fingerprint density at radius 2 is 1.78 bits per heavy atom. The number of anilines is 1. The summed E-state index contributed by atoms with van der Waals surface area (Å²) in [6.45, 7) is 5.73. The van der Waals surface area contributed by atoms with Gasteiger partial charge in [0.25, 0.3) is 10.0 Å². The van der Waals surface area contributed by atoms with Crippen LogP contribution in [-0.2, 0) is 14.8 Å². The van der Waals surface area contributed by atoms with E-state index in [4.69, 9.17) is 0 Å². The zero-order valence-electron chi connectivity index (χ0n) is 13.4. The van der Waals surface area contributed by atoms with Crippen molar-refractivity contribution in [2.24, 2.45) is 5.92 Å². The van der Waals surface area contributed by atoms with Crippen LogP contribution >= 0.6 is 0 Å². The van der Waals surface area contributed by atoms with Gasteiger partial charge in [-0.1, -0.05) is 38.1 Å². The standard InChI is InChI=1S/C17H20N2O3S/c1-11(2)12(3)18-16(20)10-19-14-8-4-6-13-7-5-9-15(17(13)14)23(19,21)22/h4-9,11-12H,10H2,1-3H3,(H,18,20)/t12-/m0/s1. The minimum absolute atomic E-state index is 0.00836. The second-order valence-corrected chi connectivity index (χ2v) is 8.07. The predicted molar refractivity (Wildman–Crippen MR) is 90.9 cm³/mol. The highest BCUT2D eigenvalue weighted by atomic mass is 32.2. The SMILES string of the molecule is CC(C)[C@H](C)NC(=O)CN1c2cccc3cccc(c23)S1(=O)=O. The number of hydrogen-bond donors (Lipinski definition) is 1. The van der Waals surface area contributed by atoms with Crippen LogP contribution in [0.15, 0.2) is 41.3 Å². The molecule has 6 heteroatoms. The number of rotatable bonds is 4. The molecular formula is C17H20N2O3S. The zero-order valence-corrected chi connectivity index (χ0v) is 14.2. The minimum Gasteiger partial charge on any atom is -0.352 e. The molecule has 2 aromatic rings. The molecule has 5 nitrogen and oxygen atoms in total. The quantitative estimate of drug-likeness (QED) is 0.935. The first-order chi connectivity index (χ1) is 10.8. The summed E-state index contributed by atoms with van der Waals surface area (Å²) < 4.78 is 26.7. The molecule has 1 aliphatic rings. The smallest absolute Gasteiger partial charge is 0.265 e. The lowest BCUT2D eigenvalue weighted by Gasteiger charge is -2.22. The Labute approximate surface area is 136 Å². The van der Waals surface area contributed by atoms with Crippen molar-refractivity contribution in [3.63, 3.8) is 0 Å². The van der Waals surface area contributed by atoms with Gasteiger partial charge in [0.1, 0.15) is 6.54 Å². The van der Waals surface area contributed by atoms with Gasteiger partial charge in [-0.2, -0.15) is 0 Å². The number of nitrogens with zero attached hydrogens (tertiary/aromatic N) is 1. The lowest BCUT2D eigenvalue weighted by Crippen LogP contribution is -2.43. The van der Waals surface area contributed by atoms with Gasteiger partial charge in [0.15, 0.2) is 0 Å². The third kappa shape index (κ3) is 2.57. The molecule has 0 saturated carbocycles. The topological polar surface area (TPSA) is 66.5 Å². The summed E-state index contributed by atoms with van der Waals surface area (Å²) in [7, 11) is -3.68. The zero-order chi connectivity index (χ0) is 16.8. The van der Waals surface area contributed by atoms with E-state index >= 15 is 0 Å². The predicted octanol–water partition coefficient (Wildman–Crippen LogP) is 2.51. The first kappa shape index (κ1) is 15.8. The fraction of sp³-hybridized carbons (Fsp3) is 0.353. The monoisotopic (exact) mass is 332 g/mol. The van der Waals surface area contributed by atoms with Crippen LogP contribution in [0.1, 0.15) is 20.8 Å². The molecule has 1 amide bonds. The van der Waals surface area contributed by atoms with E-state index in [-0.39, 0.29) is 29.3 Å². The lowest BCUT2D eigenvalue weighted by atomic mass is 10.1. The van der Waals surface area contributed by atoms with Gasteiger partial charge in [0, 0.05) is 11.4 Å². The molecule has 3 rings (SSSR count). The van der Waals surface area contributed by atoms with Crippen molar-refractivity contribution in [3.05, 3.63) is 36.4 Å². The van der Waals surface area contributed by atoms with Crippen LogP contribution in [-0.4, -0.2) is 26.9 Å². The van der Waals surface area contributed by atoms with E-state index in [1.165, 1.54) is 4.31 Å². The Hall–Kier alpha value is -2.08. The van der Waals surface area contributed by atoms with Gasteiger partial charge in [0.2, 0.25) is 5.91 Å². The van der Waals surface area contributed by atoms with Crippen molar-refractivity contribution < 1.29 is 13.2 Å². The Kier molecular flexibility index (Phi) is 3.80. The number of sulfonamides is 1. The van der Waals surface area contributed by atoms with Gasteiger partial charge >= 0.3 is 0 Å². The Balaban J connectivity index is 1.96. The molecule has 0 aromatic heterocycles. The average molecular weight is 332 g/mol. The molecule has 1 heterocycles. The summed E-state index contributed by atoms with van der Waals surface area (Å²) in [6.07, 6.45) is 0. The average Bonchev–Trinajstić information content (AvgIpc) is 2.71. The fourth-order valence-electron chi connectivity index (χ4n) is 2.73. The third-order valence-corrected chi connectivity index (χ3v) is 6.16. The van der Waals surface area contributed by atoms with E-state index in [9.17, 15) is 13.2 Å². The molecule has 0 saturated heterocycles. The fourth-order valence-corrected chi connectivity index (χ4v) is 4.39. The van der Waals surface area contributed by atoms with E-state index in [2.05, 4.69) is 5.32 Å². The highest BCUT2D eigenvalue weighted by Crippen LogP contribution is 2.41. The minimum atomic E-state index is -3.68. The summed E-state index contributed by atoms with van der Waals surface area (Å²) >= 11 is 0. The normalized spacial score (nSPS) is 16.8. The van der Waals surface area contributed by atoms with Crippen LogP contribution in [0.2, 0.25) is 0 Å². The molecule has 0 aliphatic carbocycles. The van der Waals surface area contributed by atoms with Crippen molar-refractivity contribution in [1.29, 1.82) is 0 Å². The summed E-state index contributed by atoms with van der Waals surface area (Å²) in [6, 6.07) is 10.6. The number of benzene rings is 2. The highest BCUT2D eigenvalue weighted by molar-refractivity contribution is 7.93. The molecule has 122 valence electrons. The van der Waals surface area contributed by atoms with E-state index < -0.39 is 10.0 Å². The van der Waals surface area contributed by atoms with Gasteiger partial charge < -0.3 is 5.32 Å². The van der Waals surface area contributed by atoms with Gasteiger partial charge in [0.05, 0.1) is 10.6 Å². The molecular weight excluding hydrogens is 312 g/mol. The van der Waals surface area contributed by atoms with Gasteiger partial charge in [-0.25, -0.2) is 8.42 Å². The van der Waals surface area contributed by atoms with Crippen molar-refractivity contribution in [3.8, 4) is 0 Å². The Morgan fingerprint density at radius 3 is 2.43 bits per heavy atom. The molecule has 1 aliphatic heterocycles. The molecule has 1 N–H and O–H groups in total. The van der Waals surface area contributed by atoms with E-state index in [0.717, 1.165) is 5.39 Å². The van der Waals surface area contributed by atoms with E-state index in [1.807, 2.05) is 39.0 Å². The van der Waals surface area contributed by atoms with Crippen LogP contribution in [0.25, 0.3) is 10.8 Å². The molecule has 23 heavy (non-hydrogen) atoms. The van der Waals surface area contributed by atoms with E-state index in [0.29, 0.717) is 11.1 Å². The summed E-state index contributed by atoms with van der Waals surface area (Å²) in [5, 5.41) is 4.41. The number of amides is 1. The maximum Gasteiger partial charge on any atom is 0.265 e. The first-order valence-corrected chi connectivity index (χ1v) is 9.10. The molecule has 2 aromatic carbocycles. The van der Waals surface area contributed by atoms with Crippen LogP contribution in [0.4, 0.5) is 5.69 Å². The van der Waals surface area contributed by atoms with Gasteiger partial charge in [-0.05, 0) is 30.4 Å². The number of carbonyl (C=O) groups is 1. The maximum absolute atomic E-state index is 12.8. The second kappa shape index (κ2) is 5.53. The van der Waals surface area contributed by atoms with Crippen molar-refractivity contribution in [1.82, 2.24) is 5.32 Å². The molecule has 0 bridgehead atoms. The summed E-state index contributed by atoms with van der Waals surface area (Å²) in [5.41, 5.74) is 0.574. The van der Waals surface area contributed by atoms with E-state index in [1.54, 1.807) is 18.2 Å². The molecule has 0 spiro atoms. The third-order valence-electron chi connectivity index (χ3n) is 4.36. The Bertz CT molecular complexity index is 869. The van der Waals surface area contributed by atoms with Crippen LogP contribution in [0.5, 0.6) is 0 Å². The van der Waals surface area contributed by atoms with Gasteiger partial charge in [-0.15, -0.1) is 0 Å². The number of hydrogen-bond acceptors (Lipinski definition) is 3. The summed E-state index contributed by atoms with van der Waals surface area (Å²) in [5.74, 6) is -0.00523. The van der Waals surface area contributed by atoms with Crippen molar-refractivity contribution >= 4 is 32.4 Å². The number of carbonyl (C=O) groups excluding carboxylic acids is 1. The largest absolute Gasteiger partial charge is 0.352 e. The van der Waals surface area contributed by atoms with Crippen LogP contribution in [0.3, 0.4) is 0 Å². The second-order valence-electron chi connectivity index (χ2n) is 6.24. The molecule has 0 radical (unpaired) electrons. The van der Waals surface area contributed by atoms with Crippen molar-refractivity contribution in [2.45, 2.75) is 31.7 Å². The van der Waals surface area contributed by atoms with Crippen LogP contribution < -0.4 is 9.62 Å². The molecule has 1 atom stereocenters.